The number of nitrogens with one attached hydrogen (secondary N) is 1. The molecule has 4 nitrogen and oxygen atoms in total. The van der Waals surface area contributed by atoms with E-state index in [9.17, 15) is 9.59 Å². The molecule has 0 aliphatic heterocycles. The predicted octanol–water partition coefficient (Wildman–Crippen LogP) is 1.88. The number of carbonyl (C=O) groups is 2. The van der Waals surface area contributed by atoms with E-state index in [0.29, 0.717) is 5.75 Å². The van der Waals surface area contributed by atoms with Crippen LogP contribution in [0, 0.1) is 0 Å². The van der Waals surface area contributed by atoms with Crippen LogP contribution in [0.5, 0.6) is 5.75 Å². The third-order valence-corrected chi connectivity index (χ3v) is 2.33. The van der Waals surface area contributed by atoms with E-state index >= 15 is 0 Å². The molecule has 0 heterocycles. The van der Waals surface area contributed by atoms with Crippen LogP contribution < -0.4 is 10.1 Å². The van der Waals surface area contributed by atoms with Gasteiger partial charge in [0.15, 0.2) is 0 Å². The number of ether oxygens (including phenoxy) is 1. The number of amides is 1. The summed E-state index contributed by atoms with van der Waals surface area (Å²) in [6.45, 7) is 2.92. The summed E-state index contributed by atoms with van der Waals surface area (Å²) < 4.78 is 5.96. The first-order valence-electron chi connectivity index (χ1n) is 4.73. The van der Waals surface area contributed by atoms with Gasteiger partial charge in [-0.15, -0.1) is 0 Å². The standard InChI is InChI=1S/C11H12BrNO3/c1-7(13-8(2)14)11(15)16-10-5-3-9(12)4-6-10/h3-7H,1-2H3,(H,13,14). The van der Waals surface area contributed by atoms with Gasteiger partial charge in [-0.25, -0.2) is 4.79 Å². The Bertz CT molecular complexity index is 389. The lowest BCUT2D eigenvalue weighted by Gasteiger charge is -2.11. The van der Waals surface area contributed by atoms with Crippen LogP contribution >= 0.6 is 15.9 Å². The van der Waals surface area contributed by atoms with Crippen molar-refractivity contribution in [2.24, 2.45) is 0 Å². The Morgan fingerprint density at radius 2 is 1.88 bits per heavy atom. The minimum absolute atomic E-state index is 0.264. The average Bonchev–Trinajstić information content (AvgIpc) is 2.20. The van der Waals surface area contributed by atoms with Gasteiger partial charge in [0.2, 0.25) is 5.91 Å². The van der Waals surface area contributed by atoms with Crippen molar-refractivity contribution >= 4 is 27.8 Å². The third kappa shape index (κ3) is 4.02. The van der Waals surface area contributed by atoms with E-state index in [1.807, 2.05) is 0 Å². The van der Waals surface area contributed by atoms with E-state index in [2.05, 4.69) is 21.2 Å². The molecule has 5 heteroatoms. The van der Waals surface area contributed by atoms with E-state index in [1.165, 1.54) is 6.92 Å². The van der Waals surface area contributed by atoms with Gasteiger partial charge < -0.3 is 10.1 Å². The molecule has 0 aliphatic rings. The fourth-order valence-electron chi connectivity index (χ4n) is 1.07. The lowest BCUT2D eigenvalue weighted by atomic mass is 10.3. The molecule has 0 saturated heterocycles. The second kappa shape index (κ2) is 5.65. The van der Waals surface area contributed by atoms with Gasteiger partial charge in [-0.3, -0.25) is 4.79 Å². The van der Waals surface area contributed by atoms with Crippen LogP contribution in [0.25, 0.3) is 0 Å². The van der Waals surface area contributed by atoms with Gasteiger partial charge in [0.25, 0.3) is 0 Å². The summed E-state index contributed by atoms with van der Waals surface area (Å²) in [6, 6.07) is 6.23. The molecule has 0 fully saturated rings. The first-order valence-corrected chi connectivity index (χ1v) is 5.52. The van der Waals surface area contributed by atoms with Crippen LogP contribution in [0.2, 0.25) is 0 Å². The third-order valence-electron chi connectivity index (χ3n) is 1.81. The molecular formula is C11H12BrNO3. The highest BCUT2D eigenvalue weighted by Crippen LogP contribution is 2.16. The Labute approximate surface area is 102 Å². The summed E-state index contributed by atoms with van der Waals surface area (Å²) in [7, 11) is 0. The molecule has 0 aliphatic carbocycles. The van der Waals surface area contributed by atoms with Crippen LogP contribution in [0.15, 0.2) is 28.7 Å². The van der Waals surface area contributed by atoms with Crippen molar-refractivity contribution in [3.8, 4) is 5.75 Å². The molecule has 1 rings (SSSR count). The van der Waals surface area contributed by atoms with Crippen LogP contribution in [0.4, 0.5) is 0 Å². The van der Waals surface area contributed by atoms with Gasteiger partial charge in [0.1, 0.15) is 11.8 Å². The van der Waals surface area contributed by atoms with Crippen molar-refractivity contribution < 1.29 is 14.3 Å². The Morgan fingerprint density at radius 1 is 1.31 bits per heavy atom. The van der Waals surface area contributed by atoms with Crippen molar-refractivity contribution in [2.75, 3.05) is 0 Å². The van der Waals surface area contributed by atoms with Gasteiger partial charge in [-0.1, -0.05) is 15.9 Å². The number of esters is 1. The topological polar surface area (TPSA) is 55.4 Å². The van der Waals surface area contributed by atoms with Gasteiger partial charge >= 0.3 is 5.97 Å². The molecule has 1 amide bonds. The molecule has 1 aromatic carbocycles. The molecule has 1 aromatic rings. The Morgan fingerprint density at radius 3 is 2.38 bits per heavy atom. The van der Waals surface area contributed by atoms with Crippen molar-refractivity contribution in [3.63, 3.8) is 0 Å². The molecule has 0 bridgehead atoms. The van der Waals surface area contributed by atoms with E-state index < -0.39 is 12.0 Å². The number of carbonyl (C=O) groups excluding carboxylic acids is 2. The van der Waals surface area contributed by atoms with Crippen LogP contribution in [-0.2, 0) is 9.59 Å². The van der Waals surface area contributed by atoms with Crippen molar-refractivity contribution in [1.82, 2.24) is 5.32 Å². The molecule has 0 radical (unpaired) electrons. The summed E-state index contributed by atoms with van der Waals surface area (Å²) in [6.07, 6.45) is 0. The second-order valence-electron chi connectivity index (χ2n) is 3.30. The molecule has 1 N–H and O–H groups in total. The molecule has 0 saturated carbocycles. The fourth-order valence-corrected chi connectivity index (χ4v) is 1.34. The monoisotopic (exact) mass is 285 g/mol. The van der Waals surface area contributed by atoms with Crippen LogP contribution in [-0.4, -0.2) is 17.9 Å². The van der Waals surface area contributed by atoms with Gasteiger partial charge in [0.05, 0.1) is 0 Å². The number of halogens is 1. The molecule has 0 aromatic heterocycles. The Balaban J connectivity index is 2.57. The Hall–Kier alpha value is -1.36. The van der Waals surface area contributed by atoms with Gasteiger partial charge in [0, 0.05) is 11.4 Å². The number of hydrogen-bond donors (Lipinski definition) is 1. The highest BCUT2D eigenvalue weighted by Gasteiger charge is 2.15. The molecule has 1 unspecified atom stereocenters. The van der Waals surface area contributed by atoms with Gasteiger partial charge in [-0.2, -0.15) is 0 Å². The molecule has 1 atom stereocenters. The molecule has 16 heavy (non-hydrogen) atoms. The largest absolute Gasteiger partial charge is 0.425 e. The van der Waals surface area contributed by atoms with E-state index in [4.69, 9.17) is 4.74 Å². The first-order chi connectivity index (χ1) is 7.49. The van der Waals surface area contributed by atoms with E-state index in [-0.39, 0.29) is 5.91 Å². The van der Waals surface area contributed by atoms with Crippen molar-refractivity contribution in [1.29, 1.82) is 0 Å². The number of hydrogen-bond acceptors (Lipinski definition) is 3. The SMILES string of the molecule is CC(=O)NC(C)C(=O)Oc1ccc(Br)cc1. The second-order valence-corrected chi connectivity index (χ2v) is 4.21. The fraction of sp³-hybridized carbons (Fsp3) is 0.273. The first kappa shape index (κ1) is 12.7. The zero-order chi connectivity index (χ0) is 12.1. The average molecular weight is 286 g/mol. The minimum Gasteiger partial charge on any atom is -0.425 e. The van der Waals surface area contributed by atoms with E-state index in [0.717, 1.165) is 4.47 Å². The summed E-state index contributed by atoms with van der Waals surface area (Å²) in [5.41, 5.74) is 0. The maximum absolute atomic E-state index is 11.5. The highest BCUT2D eigenvalue weighted by molar-refractivity contribution is 9.10. The number of benzene rings is 1. The predicted molar refractivity (Wildman–Crippen MR) is 63.1 cm³/mol. The van der Waals surface area contributed by atoms with Crippen molar-refractivity contribution in [2.45, 2.75) is 19.9 Å². The summed E-state index contributed by atoms with van der Waals surface area (Å²) in [5, 5.41) is 2.45. The molecule has 0 spiro atoms. The van der Waals surface area contributed by atoms with Crippen LogP contribution in [0.1, 0.15) is 13.8 Å². The summed E-state index contributed by atoms with van der Waals surface area (Å²) >= 11 is 3.28. The minimum atomic E-state index is -0.652. The highest BCUT2D eigenvalue weighted by atomic mass is 79.9. The van der Waals surface area contributed by atoms with Gasteiger partial charge in [-0.05, 0) is 31.2 Å². The zero-order valence-corrected chi connectivity index (χ0v) is 10.6. The lowest BCUT2D eigenvalue weighted by molar-refractivity contribution is -0.138. The summed E-state index contributed by atoms with van der Waals surface area (Å²) in [4.78, 5) is 22.2. The van der Waals surface area contributed by atoms with Crippen molar-refractivity contribution in [3.05, 3.63) is 28.7 Å². The van der Waals surface area contributed by atoms with Crippen LogP contribution in [0.3, 0.4) is 0 Å². The maximum Gasteiger partial charge on any atom is 0.333 e. The molecule has 86 valence electrons. The van der Waals surface area contributed by atoms with E-state index in [1.54, 1.807) is 31.2 Å². The summed E-state index contributed by atoms with van der Waals surface area (Å²) in [5.74, 6) is -0.303. The zero-order valence-electron chi connectivity index (χ0n) is 8.99. The quantitative estimate of drug-likeness (QED) is 0.682. The smallest absolute Gasteiger partial charge is 0.333 e. The lowest BCUT2D eigenvalue weighted by Crippen LogP contribution is -2.39. The number of rotatable bonds is 3. The normalized spacial score (nSPS) is 11.7. The Kier molecular flexibility index (Phi) is 4.49. The maximum atomic E-state index is 11.5. The molecular weight excluding hydrogens is 274 g/mol.